The smallest absolute Gasteiger partial charge is 0.241 e. The van der Waals surface area contributed by atoms with Gasteiger partial charge in [-0.25, -0.2) is 13.6 Å². The van der Waals surface area contributed by atoms with Gasteiger partial charge in [0.25, 0.3) is 0 Å². The Morgan fingerprint density at radius 2 is 2.18 bits per heavy atom. The fourth-order valence-corrected chi connectivity index (χ4v) is 3.29. The molecule has 0 aromatic carbocycles. The first kappa shape index (κ1) is 12.5. The van der Waals surface area contributed by atoms with Gasteiger partial charge in [-0.15, -0.1) is 0 Å². The Kier molecular flexibility index (Phi) is 3.24. The first-order valence-electron chi connectivity index (χ1n) is 5.57. The average Bonchev–Trinajstić information content (AvgIpc) is 2.54. The number of aromatic nitrogens is 2. The summed E-state index contributed by atoms with van der Waals surface area (Å²) in [6.07, 6.45) is 1.92. The van der Waals surface area contributed by atoms with Crippen molar-refractivity contribution in [1.82, 2.24) is 9.78 Å². The highest BCUT2D eigenvalue weighted by molar-refractivity contribution is 7.89. The summed E-state index contributed by atoms with van der Waals surface area (Å²) >= 11 is 0. The normalized spacial score (nSPS) is 21.7. The number of sulfonamides is 1. The SMILES string of the molecule is Cc1nn(C2CCCOC2)c(C)c1S(N)(=O)=O. The van der Waals surface area contributed by atoms with Crippen molar-refractivity contribution in [2.24, 2.45) is 5.14 Å². The lowest BCUT2D eigenvalue weighted by molar-refractivity contribution is 0.0540. The fraction of sp³-hybridized carbons (Fsp3) is 0.700. The minimum atomic E-state index is -3.71. The summed E-state index contributed by atoms with van der Waals surface area (Å²) in [6.45, 7) is 4.73. The van der Waals surface area contributed by atoms with Gasteiger partial charge in [-0.1, -0.05) is 0 Å². The van der Waals surface area contributed by atoms with Gasteiger partial charge in [0.05, 0.1) is 24.0 Å². The van der Waals surface area contributed by atoms with Crippen LogP contribution in [0.2, 0.25) is 0 Å². The molecule has 1 aliphatic rings. The number of ether oxygens (including phenoxy) is 1. The third kappa shape index (κ3) is 2.36. The lowest BCUT2D eigenvalue weighted by atomic mass is 10.1. The largest absolute Gasteiger partial charge is 0.379 e. The van der Waals surface area contributed by atoms with E-state index in [4.69, 9.17) is 9.88 Å². The number of hydrogen-bond acceptors (Lipinski definition) is 4. The summed E-state index contributed by atoms with van der Waals surface area (Å²) in [5.41, 5.74) is 1.05. The van der Waals surface area contributed by atoms with E-state index in [2.05, 4.69) is 5.10 Å². The van der Waals surface area contributed by atoms with Crippen LogP contribution in [0.1, 0.15) is 30.3 Å². The summed E-state index contributed by atoms with van der Waals surface area (Å²) in [5.74, 6) is 0. The van der Waals surface area contributed by atoms with Crippen molar-refractivity contribution in [2.75, 3.05) is 13.2 Å². The minimum Gasteiger partial charge on any atom is -0.379 e. The van der Waals surface area contributed by atoms with E-state index in [9.17, 15) is 8.42 Å². The molecule has 7 heteroatoms. The fourth-order valence-electron chi connectivity index (χ4n) is 2.33. The van der Waals surface area contributed by atoms with Crippen molar-refractivity contribution in [2.45, 2.75) is 37.6 Å². The van der Waals surface area contributed by atoms with E-state index in [0.717, 1.165) is 19.4 Å². The highest BCUT2D eigenvalue weighted by Gasteiger charge is 2.25. The lowest BCUT2D eigenvalue weighted by Gasteiger charge is -2.23. The van der Waals surface area contributed by atoms with Crippen molar-refractivity contribution < 1.29 is 13.2 Å². The van der Waals surface area contributed by atoms with E-state index in [1.807, 2.05) is 0 Å². The van der Waals surface area contributed by atoms with Crippen LogP contribution < -0.4 is 5.14 Å². The predicted molar refractivity (Wildman–Crippen MR) is 62.2 cm³/mol. The molecule has 1 unspecified atom stereocenters. The van der Waals surface area contributed by atoms with Gasteiger partial charge in [0.1, 0.15) is 4.90 Å². The molecular weight excluding hydrogens is 242 g/mol. The van der Waals surface area contributed by atoms with E-state index in [1.54, 1.807) is 18.5 Å². The first-order valence-corrected chi connectivity index (χ1v) is 7.12. The van der Waals surface area contributed by atoms with Gasteiger partial charge >= 0.3 is 0 Å². The number of rotatable bonds is 2. The second-order valence-corrected chi connectivity index (χ2v) is 5.86. The zero-order valence-corrected chi connectivity index (χ0v) is 10.8. The quantitative estimate of drug-likeness (QED) is 0.837. The molecule has 1 aromatic heterocycles. The second-order valence-electron chi connectivity index (χ2n) is 4.36. The Morgan fingerprint density at radius 3 is 2.65 bits per heavy atom. The highest BCUT2D eigenvalue weighted by atomic mass is 32.2. The van der Waals surface area contributed by atoms with Gasteiger partial charge in [0.2, 0.25) is 10.0 Å². The number of primary sulfonamides is 1. The molecule has 0 radical (unpaired) electrons. The topological polar surface area (TPSA) is 87.2 Å². The average molecular weight is 259 g/mol. The van der Waals surface area contributed by atoms with Gasteiger partial charge in [0.15, 0.2) is 0 Å². The van der Waals surface area contributed by atoms with Gasteiger partial charge in [0, 0.05) is 6.61 Å². The van der Waals surface area contributed by atoms with Crippen LogP contribution in [0.25, 0.3) is 0 Å². The third-order valence-electron chi connectivity index (χ3n) is 3.03. The molecule has 96 valence electrons. The number of aryl methyl sites for hydroxylation is 1. The monoisotopic (exact) mass is 259 g/mol. The van der Waals surface area contributed by atoms with E-state index in [1.165, 1.54) is 0 Å². The molecule has 2 heterocycles. The van der Waals surface area contributed by atoms with Gasteiger partial charge in [-0.05, 0) is 26.7 Å². The van der Waals surface area contributed by atoms with E-state index >= 15 is 0 Å². The molecule has 6 nitrogen and oxygen atoms in total. The summed E-state index contributed by atoms with van der Waals surface area (Å²) in [6, 6.07) is 0.109. The molecule has 0 saturated carbocycles. The Morgan fingerprint density at radius 1 is 1.47 bits per heavy atom. The predicted octanol–water partition coefficient (Wildman–Crippen LogP) is 0.499. The molecule has 2 N–H and O–H groups in total. The van der Waals surface area contributed by atoms with E-state index in [-0.39, 0.29) is 10.9 Å². The van der Waals surface area contributed by atoms with Crippen LogP contribution in [-0.4, -0.2) is 31.4 Å². The zero-order valence-electron chi connectivity index (χ0n) is 10.0. The maximum absolute atomic E-state index is 11.5. The maximum atomic E-state index is 11.5. The zero-order chi connectivity index (χ0) is 12.6. The molecule has 1 saturated heterocycles. The molecule has 1 aromatic rings. The maximum Gasteiger partial charge on any atom is 0.241 e. The van der Waals surface area contributed by atoms with Crippen LogP contribution in [0.4, 0.5) is 0 Å². The molecule has 0 amide bonds. The van der Waals surface area contributed by atoms with Gasteiger partial charge in [-0.3, -0.25) is 4.68 Å². The third-order valence-corrected chi connectivity index (χ3v) is 4.19. The molecule has 1 aliphatic heterocycles. The van der Waals surface area contributed by atoms with Crippen LogP contribution >= 0.6 is 0 Å². The Hall–Kier alpha value is -0.920. The second kappa shape index (κ2) is 4.40. The lowest BCUT2D eigenvalue weighted by Crippen LogP contribution is -2.23. The standard InChI is InChI=1S/C10H17N3O3S/c1-7-10(17(11,14)15)8(2)13(12-7)9-4-3-5-16-6-9/h9H,3-6H2,1-2H3,(H2,11,14,15). The molecule has 0 aliphatic carbocycles. The molecule has 0 spiro atoms. The highest BCUT2D eigenvalue weighted by Crippen LogP contribution is 2.25. The Labute approximate surface area is 101 Å². The van der Waals surface area contributed by atoms with Crippen LogP contribution in [0.3, 0.4) is 0 Å². The van der Waals surface area contributed by atoms with Gasteiger partial charge < -0.3 is 4.74 Å². The van der Waals surface area contributed by atoms with E-state index in [0.29, 0.717) is 18.0 Å². The molecule has 1 atom stereocenters. The van der Waals surface area contributed by atoms with Crippen LogP contribution in [-0.2, 0) is 14.8 Å². The van der Waals surface area contributed by atoms with Crippen LogP contribution in [0, 0.1) is 13.8 Å². The number of nitrogens with two attached hydrogens (primary N) is 1. The van der Waals surface area contributed by atoms with Crippen molar-refractivity contribution in [1.29, 1.82) is 0 Å². The summed E-state index contributed by atoms with van der Waals surface area (Å²) in [7, 11) is -3.71. The minimum absolute atomic E-state index is 0.109. The summed E-state index contributed by atoms with van der Waals surface area (Å²) in [4.78, 5) is 0.142. The van der Waals surface area contributed by atoms with Crippen molar-refractivity contribution in [3.63, 3.8) is 0 Å². The molecule has 0 bridgehead atoms. The van der Waals surface area contributed by atoms with Gasteiger partial charge in [-0.2, -0.15) is 5.10 Å². The Bertz CT molecular complexity index is 515. The van der Waals surface area contributed by atoms with Crippen LogP contribution in [0.5, 0.6) is 0 Å². The van der Waals surface area contributed by atoms with Crippen molar-refractivity contribution in [3.8, 4) is 0 Å². The van der Waals surface area contributed by atoms with Crippen molar-refractivity contribution in [3.05, 3.63) is 11.4 Å². The molecule has 2 rings (SSSR count). The van der Waals surface area contributed by atoms with E-state index < -0.39 is 10.0 Å². The molecular formula is C10H17N3O3S. The molecule has 17 heavy (non-hydrogen) atoms. The summed E-state index contributed by atoms with van der Waals surface area (Å²) in [5, 5.41) is 9.47. The number of nitrogens with zero attached hydrogens (tertiary/aromatic N) is 2. The summed E-state index contributed by atoms with van der Waals surface area (Å²) < 4.78 is 30.0. The van der Waals surface area contributed by atoms with Crippen molar-refractivity contribution >= 4 is 10.0 Å². The first-order chi connectivity index (χ1) is 7.91. The molecule has 1 fully saturated rings. The van der Waals surface area contributed by atoms with Crippen LogP contribution in [0.15, 0.2) is 4.90 Å². The number of hydrogen-bond donors (Lipinski definition) is 1. The Balaban J connectivity index is 2.43.